The number of halogens is 2. The summed E-state index contributed by atoms with van der Waals surface area (Å²) >= 11 is 12.0. The SMILES string of the molecule is CCOC(=O)C(C)(NC(=O)Cc1ccc(Cl)cc1Cl)C1CCCCC1. The number of carbonyl (C=O) groups is 2. The molecule has 6 heteroatoms. The van der Waals surface area contributed by atoms with E-state index in [1.54, 1.807) is 32.0 Å². The Morgan fingerprint density at radius 3 is 2.52 bits per heavy atom. The van der Waals surface area contributed by atoms with E-state index in [0.717, 1.165) is 25.7 Å². The van der Waals surface area contributed by atoms with Crippen LogP contribution in [0, 0.1) is 5.92 Å². The fraction of sp³-hybridized carbons (Fsp3) is 0.579. The van der Waals surface area contributed by atoms with Crippen molar-refractivity contribution in [2.45, 2.75) is 57.9 Å². The number of amides is 1. The van der Waals surface area contributed by atoms with Crippen molar-refractivity contribution in [3.05, 3.63) is 33.8 Å². The van der Waals surface area contributed by atoms with Crippen molar-refractivity contribution in [2.24, 2.45) is 5.92 Å². The van der Waals surface area contributed by atoms with Gasteiger partial charge in [0.25, 0.3) is 0 Å². The van der Waals surface area contributed by atoms with Crippen LogP contribution in [0.2, 0.25) is 10.0 Å². The first-order valence-electron chi connectivity index (χ1n) is 8.79. The quantitative estimate of drug-likeness (QED) is 0.730. The van der Waals surface area contributed by atoms with Crippen LogP contribution in [0.5, 0.6) is 0 Å². The third kappa shape index (κ3) is 5.11. The molecular formula is C19H25Cl2NO3. The van der Waals surface area contributed by atoms with Gasteiger partial charge in [-0.25, -0.2) is 4.79 Å². The molecule has 0 aromatic heterocycles. The fourth-order valence-corrected chi connectivity index (χ4v) is 3.93. The lowest BCUT2D eigenvalue weighted by atomic mass is 9.75. The maximum absolute atomic E-state index is 12.6. The molecule has 25 heavy (non-hydrogen) atoms. The van der Waals surface area contributed by atoms with Gasteiger partial charge in [-0.1, -0.05) is 48.5 Å². The molecule has 1 aromatic carbocycles. The fourth-order valence-electron chi connectivity index (χ4n) is 3.45. The topological polar surface area (TPSA) is 55.4 Å². The zero-order valence-corrected chi connectivity index (χ0v) is 16.3. The molecule has 0 spiro atoms. The normalized spacial score (nSPS) is 17.6. The van der Waals surface area contributed by atoms with E-state index in [1.807, 2.05) is 0 Å². The largest absolute Gasteiger partial charge is 0.464 e. The summed E-state index contributed by atoms with van der Waals surface area (Å²) in [5, 5.41) is 3.90. The monoisotopic (exact) mass is 385 g/mol. The second kappa shape index (κ2) is 8.91. The number of rotatable bonds is 6. The molecule has 1 aliphatic carbocycles. The molecule has 0 saturated heterocycles. The van der Waals surface area contributed by atoms with Gasteiger partial charge >= 0.3 is 5.97 Å². The van der Waals surface area contributed by atoms with Crippen LogP contribution < -0.4 is 5.32 Å². The zero-order chi connectivity index (χ0) is 18.4. The number of hydrogen-bond donors (Lipinski definition) is 1. The van der Waals surface area contributed by atoms with Gasteiger partial charge in [0.05, 0.1) is 13.0 Å². The first-order chi connectivity index (χ1) is 11.9. The molecule has 0 aliphatic heterocycles. The van der Waals surface area contributed by atoms with E-state index in [-0.39, 0.29) is 24.2 Å². The second-order valence-corrected chi connectivity index (χ2v) is 7.56. The molecule has 0 heterocycles. The molecule has 1 aliphatic rings. The minimum absolute atomic E-state index is 0.0879. The summed E-state index contributed by atoms with van der Waals surface area (Å²) in [7, 11) is 0. The predicted octanol–water partition coefficient (Wildman–Crippen LogP) is 4.55. The highest BCUT2D eigenvalue weighted by atomic mass is 35.5. The van der Waals surface area contributed by atoms with Gasteiger partial charge in [-0.05, 0) is 50.3 Å². The van der Waals surface area contributed by atoms with E-state index < -0.39 is 5.54 Å². The van der Waals surface area contributed by atoms with Crippen LogP contribution in [0.4, 0.5) is 0 Å². The van der Waals surface area contributed by atoms with Gasteiger partial charge in [0.2, 0.25) is 5.91 Å². The van der Waals surface area contributed by atoms with Crippen LogP contribution in [0.1, 0.15) is 51.5 Å². The third-order valence-corrected chi connectivity index (χ3v) is 5.47. The number of carbonyl (C=O) groups excluding carboxylic acids is 2. The molecule has 1 saturated carbocycles. The molecular weight excluding hydrogens is 361 g/mol. The van der Waals surface area contributed by atoms with Gasteiger partial charge in [-0.3, -0.25) is 4.79 Å². The van der Waals surface area contributed by atoms with Crippen LogP contribution in [0.15, 0.2) is 18.2 Å². The first-order valence-corrected chi connectivity index (χ1v) is 9.54. The molecule has 0 radical (unpaired) electrons. The maximum Gasteiger partial charge on any atom is 0.331 e. The van der Waals surface area contributed by atoms with Crippen LogP contribution in [-0.2, 0) is 20.7 Å². The Bertz CT molecular complexity index is 629. The van der Waals surface area contributed by atoms with E-state index in [1.165, 1.54) is 6.42 Å². The molecule has 1 unspecified atom stereocenters. The van der Waals surface area contributed by atoms with E-state index >= 15 is 0 Å². The predicted molar refractivity (Wildman–Crippen MR) is 99.9 cm³/mol. The van der Waals surface area contributed by atoms with Crippen molar-refractivity contribution < 1.29 is 14.3 Å². The Labute approximate surface area is 159 Å². The Balaban J connectivity index is 2.14. The average molecular weight is 386 g/mol. The van der Waals surface area contributed by atoms with Crippen molar-refractivity contribution in [1.82, 2.24) is 5.32 Å². The number of ether oxygens (including phenoxy) is 1. The summed E-state index contributed by atoms with van der Waals surface area (Å²) in [6.45, 7) is 3.84. The smallest absolute Gasteiger partial charge is 0.331 e. The Kier molecular flexibility index (Phi) is 7.14. The van der Waals surface area contributed by atoms with E-state index in [9.17, 15) is 9.59 Å². The van der Waals surface area contributed by atoms with Crippen LogP contribution in [0.25, 0.3) is 0 Å². The van der Waals surface area contributed by atoms with Gasteiger partial charge in [0.15, 0.2) is 0 Å². The highest BCUT2D eigenvalue weighted by molar-refractivity contribution is 6.35. The van der Waals surface area contributed by atoms with E-state index in [2.05, 4.69) is 5.32 Å². The lowest BCUT2D eigenvalue weighted by molar-refractivity contribution is -0.156. The highest BCUT2D eigenvalue weighted by Gasteiger charge is 2.44. The van der Waals surface area contributed by atoms with Crippen molar-refractivity contribution in [2.75, 3.05) is 6.61 Å². The summed E-state index contributed by atoms with van der Waals surface area (Å²) in [6.07, 6.45) is 5.23. The standard InChI is InChI=1S/C19H25Cl2NO3/c1-3-25-18(24)19(2,14-7-5-4-6-8-14)22-17(23)11-13-9-10-15(20)12-16(13)21/h9-10,12,14H,3-8,11H2,1-2H3,(H,22,23). The Morgan fingerprint density at radius 1 is 1.24 bits per heavy atom. The molecule has 1 amide bonds. The molecule has 1 fully saturated rings. The number of benzene rings is 1. The summed E-state index contributed by atoms with van der Waals surface area (Å²) in [4.78, 5) is 25.2. The second-order valence-electron chi connectivity index (χ2n) is 6.72. The van der Waals surface area contributed by atoms with Crippen LogP contribution in [-0.4, -0.2) is 24.0 Å². The first kappa shape index (κ1) is 20.1. The molecule has 4 nitrogen and oxygen atoms in total. The lowest BCUT2D eigenvalue weighted by Gasteiger charge is -2.38. The summed E-state index contributed by atoms with van der Waals surface area (Å²) in [6, 6.07) is 5.03. The Hall–Kier alpha value is -1.26. The van der Waals surface area contributed by atoms with Gasteiger partial charge in [0, 0.05) is 10.0 Å². The molecule has 1 aromatic rings. The zero-order valence-electron chi connectivity index (χ0n) is 14.7. The van der Waals surface area contributed by atoms with Gasteiger partial charge in [-0.2, -0.15) is 0 Å². The summed E-state index contributed by atoms with van der Waals surface area (Å²) in [5.41, 5.74) is -0.328. The minimum atomic E-state index is -1.01. The van der Waals surface area contributed by atoms with Crippen molar-refractivity contribution in [3.8, 4) is 0 Å². The van der Waals surface area contributed by atoms with E-state index in [4.69, 9.17) is 27.9 Å². The highest BCUT2D eigenvalue weighted by Crippen LogP contribution is 2.34. The number of hydrogen-bond acceptors (Lipinski definition) is 3. The minimum Gasteiger partial charge on any atom is -0.464 e. The summed E-state index contributed by atoms with van der Waals surface area (Å²) in [5.74, 6) is -0.521. The van der Waals surface area contributed by atoms with Crippen LogP contribution in [0.3, 0.4) is 0 Å². The van der Waals surface area contributed by atoms with Gasteiger partial charge in [0.1, 0.15) is 5.54 Å². The Morgan fingerprint density at radius 2 is 1.92 bits per heavy atom. The van der Waals surface area contributed by atoms with Crippen LogP contribution >= 0.6 is 23.2 Å². The summed E-state index contributed by atoms with van der Waals surface area (Å²) < 4.78 is 5.25. The molecule has 138 valence electrons. The molecule has 1 N–H and O–H groups in total. The number of esters is 1. The molecule has 2 rings (SSSR count). The van der Waals surface area contributed by atoms with Gasteiger partial charge in [-0.15, -0.1) is 0 Å². The number of nitrogens with one attached hydrogen (secondary N) is 1. The molecule has 0 bridgehead atoms. The average Bonchev–Trinajstić information content (AvgIpc) is 2.58. The molecule has 1 atom stereocenters. The van der Waals surface area contributed by atoms with Gasteiger partial charge < -0.3 is 10.1 Å². The third-order valence-electron chi connectivity index (χ3n) is 4.89. The maximum atomic E-state index is 12.6. The van der Waals surface area contributed by atoms with Crippen molar-refractivity contribution in [3.63, 3.8) is 0 Å². The van der Waals surface area contributed by atoms with E-state index in [0.29, 0.717) is 22.2 Å². The lowest BCUT2D eigenvalue weighted by Crippen LogP contribution is -2.58. The van der Waals surface area contributed by atoms with Crippen molar-refractivity contribution in [1.29, 1.82) is 0 Å². The van der Waals surface area contributed by atoms with Crippen molar-refractivity contribution >= 4 is 35.1 Å².